The zero-order chi connectivity index (χ0) is 59.3. The molecule has 5 heterocycles. The lowest BCUT2D eigenvalue weighted by Crippen LogP contribution is -2.50. The van der Waals surface area contributed by atoms with E-state index in [1.807, 2.05) is 32.9 Å². The van der Waals surface area contributed by atoms with Crippen LogP contribution in [0.1, 0.15) is 73.8 Å². The molecule has 9 atom stereocenters. The highest BCUT2D eigenvalue weighted by atomic mass is 32.5. The van der Waals surface area contributed by atoms with Crippen molar-refractivity contribution in [2.45, 2.75) is 96.5 Å². The molecular formula is C54H69N8O18PS. The summed E-state index contributed by atoms with van der Waals surface area (Å²) in [5.41, 5.74) is 2.09. The molecule has 0 radical (unpaired) electrons. The highest BCUT2D eigenvalue weighted by Gasteiger charge is 2.53. The Hall–Kier alpha value is -6.38. The molecule has 4 aromatic rings. The molecule has 0 bridgehead atoms. The summed E-state index contributed by atoms with van der Waals surface area (Å²) in [4.78, 5) is 107. The third-order valence-corrected chi connectivity index (χ3v) is 16.4. The molecule has 82 heavy (non-hydrogen) atoms. The first-order valence-corrected chi connectivity index (χ1v) is 29.0. The Morgan fingerprint density at radius 1 is 0.768 bits per heavy atom. The minimum atomic E-state index is -4.20. The van der Waals surface area contributed by atoms with Crippen LogP contribution in [0.4, 0.5) is 5.82 Å². The number of nitrogens with zero attached hydrogens (tertiary/aromatic N) is 6. The van der Waals surface area contributed by atoms with Gasteiger partial charge in [0.15, 0.2) is 18.6 Å². The van der Waals surface area contributed by atoms with E-state index in [0.29, 0.717) is 16.7 Å². The van der Waals surface area contributed by atoms with Crippen LogP contribution in [0.15, 0.2) is 69.2 Å². The van der Waals surface area contributed by atoms with E-state index in [9.17, 15) is 38.7 Å². The number of rotatable bonds is 26. The van der Waals surface area contributed by atoms with Crippen LogP contribution in [-0.2, 0) is 68.1 Å². The maximum atomic E-state index is 14.0. The van der Waals surface area contributed by atoms with E-state index < -0.39 is 104 Å². The molecule has 3 amide bonds. The molecular weight excluding hydrogens is 1110 g/mol. The van der Waals surface area contributed by atoms with Crippen molar-refractivity contribution in [2.24, 2.45) is 0 Å². The third-order valence-electron chi connectivity index (χ3n) is 14.0. The van der Waals surface area contributed by atoms with Gasteiger partial charge in [0.1, 0.15) is 42.9 Å². The van der Waals surface area contributed by atoms with E-state index in [4.69, 9.17) is 65.1 Å². The number of hydrogen-bond acceptors (Lipinski definition) is 20. The SMILES string of the molecule is [C-]#[N+]CCOP(=S)(OC[C@H]1O[C@@H](n2cc(C)c(=O)[nH]c2=O)[C@@H](OCCOC)C1OC(=O)CCC(=O)N1CCN(C(=O)c2cc(C)c(C)c(C)c2)CC1)OC1[C@@H](CO)O[C@@H](n2cc(C)c(NC(=O)c3ccccc3)nc2=O)[C@H]1OCCOC. The number of aliphatic hydroxyl groups excluding tert-OH is 1. The van der Waals surface area contributed by atoms with Gasteiger partial charge in [-0.2, -0.15) is 4.98 Å². The molecule has 3 aliphatic heterocycles. The first kappa shape index (κ1) is 63.2. The van der Waals surface area contributed by atoms with E-state index in [1.165, 1.54) is 33.5 Å². The number of ether oxygens (including phenoxy) is 7. The van der Waals surface area contributed by atoms with Crippen LogP contribution in [-0.4, -0.2) is 188 Å². The molecule has 2 aromatic heterocycles. The van der Waals surface area contributed by atoms with Gasteiger partial charge in [0.2, 0.25) is 12.5 Å². The van der Waals surface area contributed by atoms with Gasteiger partial charge in [-0.05, 0) is 87.4 Å². The van der Waals surface area contributed by atoms with Crippen LogP contribution in [0.5, 0.6) is 0 Å². The molecule has 0 saturated carbocycles. The number of H-pyrrole nitrogens is 1. The van der Waals surface area contributed by atoms with E-state index in [-0.39, 0.29) is 95.4 Å². The smallest absolute Gasteiger partial charge is 0.351 e. The van der Waals surface area contributed by atoms with E-state index in [2.05, 4.69) is 20.1 Å². The van der Waals surface area contributed by atoms with Gasteiger partial charge in [-0.25, -0.2) is 16.2 Å². The molecule has 28 heteroatoms. The fraction of sp³-hybridized carbons (Fsp3) is 0.537. The Labute approximate surface area is 477 Å². The molecule has 2 aromatic carbocycles. The summed E-state index contributed by atoms with van der Waals surface area (Å²) >= 11 is 6.02. The van der Waals surface area contributed by atoms with Crippen LogP contribution >= 0.6 is 6.72 Å². The topological polar surface area (TPSA) is 293 Å². The predicted octanol–water partition coefficient (Wildman–Crippen LogP) is 2.68. The van der Waals surface area contributed by atoms with Gasteiger partial charge >= 0.3 is 24.1 Å². The van der Waals surface area contributed by atoms with Gasteiger partial charge in [0.05, 0.1) is 46.1 Å². The van der Waals surface area contributed by atoms with Crippen LogP contribution in [0.2, 0.25) is 0 Å². The number of hydrogen-bond donors (Lipinski definition) is 3. The van der Waals surface area contributed by atoms with Crippen LogP contribution in [0, 0.1) is 41.2 Å². The van der Waals surface area contributed by atoms with Crippen LogP contribution < -0.4 is 22.3 Å². The number of methoxy groups -OCH3 is 2. The minimum Gasteiger partial charge on any atom is -0.456 e. The fourth-order valence-electron chi connectivity index (χ4n) is 9.41. The summed E-state index contributed by atoms with van der Waals surface area (Å²) in [6.45, 7) is 11.4. The number of carbonyl (C=O) groups is 4. The van der Waals surface area contributed by atoms with Crippen molar-refractivity contribution in [2.75, 3.05) is 98.5 Å². The number of aliphatic hydroxyl groups is 1. The molecule has 3 N–H and O–H groups in total. The lowest BCUT2D eigenvalue weighted by atomic mass is 10.00. The molecule has 0 aliphatic carbocycles. The first-order chi connectivity index (χ1) is 39.3. The molecule has 3 saturated heterocycles. The maximum Gasteiger partial charge on any atom is 0.351 e. The lowest BCUT2D eigenvalue weighted by molar-refractivity contribution is -0.160. The second-order valence-electron chi connectivity index (χ2n) is 19.6. The van der Waals surface area contributed by atoms with Crippen molar-refractivity contribution in [3.8, 4) is 0 Å². The summed E-state index contributed by atoms with van der Waals surface area (Å²) in [5, 5.41) is 13.5. The van der Waals surface area contributed by atoms with Crippen molar-refractivity contribution >= 4 is 48.0 Å². The van der Waals surface area contributed by atoms with Crippen LogP contribution in [0.25, 0.3) is 4.85 Å². The highest BCUT2D eigenvalue weighted by Crippen LogP contribution is 2.54. The second kappa shape index (κ2) is 29.2. The fourth-order valence-corrected chi connectivity index (χ4v) is 11.5. The summed E-state index contributed by atoms with van der Waals surface area (Å²) in [5.74, 6) is -1.87. The molecule has 3 aliphatic rings. The Balaban J connectivity index is 1.12. The van der Waals surface area contributed by atoms with Crippen molar-refractivity contribution in [3.05, 3.63) is 137 Å². The molecule has 7 rings (SSSR count). The zero-order valence-electron chi connectivity index (χ0n) is 46.6. The highest BCUT2D eigenvalue weighted by molar-refractivity contribution is 8.07. The van der Waals surface area contributed by atoms with E-state index in [0.717, 1.165) is 25.8 Å². The van der Waals surface area contributed by atoms with Gasteiger partial charge in [0.25, 0.3) is 17.4 Å². The van der Waals surface area contributed by atoms with Crippen molar-refractivity contribution in [1.82, 2.24) is 28.9 Å². The number of anilines is 1. The lowest BCUT2D eigenvalue weighted by Gasteiger charge is -2.35. The predicted molar refractivity (Wildman–Crippen MR) is 297 cm³/mol. The number of carbonyl (C=O) groups excluding carboxylic acids is 4. The zero-order valence-corrected chi connectivity index (χ0v) is 48.4. The summed E-state index contributed by atoms with van der Waals surface area (Å²) in [6.07, 6.45) is -8.72. The Bertz CT molecular complexity index is 3160. The maximum absolute atomic E-state index is 14.0. The molecule has 0 spiro atoms. The number of aromatic amines is 1. The summed E-state index contributed by atoms with van der Waals surface area (Å²) in [7, 11) is 2.88. The minimum absolute atomic E-state index is 0.0157. The number of aryl methyl sites for hydroxylation is 4. The number of nitrogens with one attached hydrogen (secondary N) is 2. The average Bonchev–Trinajstić information content (AvgIpc) is 3.75. The van der Waals surface area contributed by atoms with Gasteiger partial charge in [-0.1, -0.05) is 18.2 Å². The van der Waals surface area contributed by atoms with Gasteiger partial charge < -0.3 is 67.3 Å². The number of amides is 3. The van der Waals surface area contributed by atoms with Crippen molar-refractivity contribution in [1.29, 1.82) is 0 Å². The Kier molecular flexibility index (Phi) is 22.5. The molecule has 26 nitrogen and oxygen atoms in total. The summed E-state index contributed by atoms with van der Waals surface area (Å²) < 4.78 is 62.9. The summed E-state index contributed by atoms with van der Waals surface area (Å²) in [6, 6.07) is 12.0. The number of esters is 1. The monoisotopic (exact) mass is 1180 g/mol. The Morgan fingerprint density at radius 2 is 1.38 bits per heavy atom. The number of benzene rings is 2. The molecule has 444 valence electrons. The number of aromatic nitrogens is 4. The first-order valence-electron chi connectivity index (χ1n) is 26.5. The van der Waals surface area contributed by atoms with Gasteiger partial charge in [0, 0.05) is 81.5 Å². The van der Waals surface area contributed by atoms with E-state index >= 15 is 0 Å². The van der Waals surface area contributed by atoms with Gasteiger partial charge in [-0.3, -0.25) is 42.6 Å². The molecule has 3 unspecified atom stereocenters. The third kappa shape index (κ3) is 15.6. The van der Waals surface area contributed by atoms with Crippen molar-refractivity contribution in [3.63, 3.8) is 0 Å². The normalized spacial score (nSPS) is 22.4. The van der Waals surface area contributed by atoms with E-state index in [1.54, 1.807) is 47.1 Å². The van der Waals surface area contributed by atoms with Gasteiger partial charge in [-0.15, -0.1) is 0 Å². The average molecular weight is 1180 g/mol. The second-order valence-corrected chi connectivity index (χ2v) is 22.6. The molecule has 3 fully saturated rings. The largest absolute Gasteiger partial charge is 0.456 e. The quantitative estimate of drug-likeness (QED) is 0.0352. The Morgan fingerprint density at radius 3 is 2.01 bits per heavy atom. The van der Waals surface area contributed by atoms with Crippen LogP contribution in [0.3, 0.4) is 0 Å². The van der Waals surface area contributed by atoms with Crippen molar-refractivity contribution < 1.29 is 71.0 Å². The number of piperazine rings is 1. The standard InChI is InChI=1S/C54H69N8O18PS/c1-32-26-38(27-33(2)36(32)5)50(68)60-19-17-59(18-20-60)41(64)14-15-42(65)79-43-40(78-51(45(43)73-24-22-71-7)62-29-35(4)48(66)58-54(62)70)31-76-81(82,75-21-16-55-6)80-44-39(30-63)77-52(46(44)74-25-23-72-8)61-28-34(3)47(57-53(61)69)56-49(67)37-12-10-9-11-13-37/h9-13,26-29,39-40,43-46,51-52,63H,14-25,30-31H2,1-5,7-8H3,(H,58,66,70)(H,56,57,67,69)/t39-,40-,43?,44?,45+,46+,51-,52-,81?/m1/s1.